The minimum absolute atomic E-state index is 0.103. The average molecular weight is 286 g/mol. The lowest BCUT2D eigenvalue weighted by atomic mass is 9.80. The van der Waals surface area contributed by atoms with Crippen molar-refractivity contribution in [1.29, 1.82) is 0 Å². The summed E-state index contributed by atoms with van der Waals surface area (Å²) in [6.07, 6.45) is 8.11. The van der Waals surface area contributed by atoms with Gasteiger partial charge >= 0.3 is 0 Å². The molecular weight excluding hydrogens is 264 g/mol. The third-order valence-electron chi connectivity index (χ3n) is 5.32. The zero-order valence-electron chi connectivity index (χ0n) is 13.6. The van der Waals surface area contributed by atoms with Crippen LogP contribution in [0.1, 0.15) is 49.8 Å². The quantitative estimate of drug-likeness (QED) is 0.604. The number of allylic oxidation sites excluding steroid dienone is 4. The molecule has 0 bridgehead atoms. The monoisotopic (exact) mass is 286 g/mol. The van der Waals surface area contributed by atoms with Crippen LogP contribution < -0.4 is 0 Å². The number of hydrogen-bond acceptors (Lipinski definition) is 0. The van der Waals surface area contributed by atoms with E-state index >= 15 is 0 Å². The molecular formula is C22H22. The Kier molecular flexibility index (Phi) is 2.91. The van der Waals surface area contributed by atoms with E-state index in [1.54, 1.807) is 0 Å². The van der Waals surface area contributed by atoms with Crippen LogP contribution in [0.4, 0.5) is 0 Å². The summed E-state index contributed by atoms with van der Waals surface area (Å²) in [5.74, 6) is 0.501. The molecule has 22 heavy (non-hydrogen) atoms. The SMILES string of the molecule is CC1=CCC(c2cccc3c2-c2ccccc2C3(C)C)C=C1. The first-order valence-electron chi connectivity index (χ1n) is 8.17. The fourth-order valence-electron chi connectivity index (χ4n) is 4.05. The van der Waals surface area contributed by atoms with Gasteiger partial charge in [-0.25, -0.2) is 0 Å². The van der Waals surface area contributed by atoms with Crippen LogP contribution in [0.3, 0.4) is 0 Å². The van der Waals surface area contributed by atoms with E-state index in [1.807, 2.05) is 0 Å². The van der Waals surface area contributed by atoms with Crippen LogP contribution in [0.25, 0.3) is 11.1 Å². The van der Waals surface area contributed by atoms with Gasteiger partial charge in [0.2, 0.25) is 0 Å². The molecule has 2 aliphatic carbocycles. The Bertz CT molecular complexity index is 803. The molecule has 0 saturated heterocycles. The Balaban J connectivity index is 1.93. The molecule has 1 unspecified atom stereocenters. The van der Waals surface area contributed by atoms with Gasteiger partial charge in [0.1, 0.15) is 0 Å². The Morgan fingerprint density at radius 2 is 1.73 bits per heavy atom. The predicted molar refractivity (Wildman–Crippen MR) is 94.3 cm³/mol. The summed E-state index contributed by atoms with van der Waals surface area (Å²) < 4.78 is 0. The number of hydrogen-bond donors (Lipinski definition) is 0. The molecule has 0 nitrogen and oxygen atoms in total. The van der Waals surface area contributed by atoms with Gasteiger partial charge in [-0.1, -0.05) is 80.1 Å². The van der Waals surface area contributed by atoms with E-state index < -0.39 is 0 Å². The third kappa shape index (κ3) is 1.83. The van der Waals surface area contributed by atoms with Gasteiger partial charge in [0, 0.05) is 11.3 Å². The second kappa shape index (κ2) is 4.71. The number of rotatable bonds is 1. The van der Waals surface area contributed by atoms with Gasteiger partial charge < -0.3 is 0 Å². The molecule has 2 aromatic rings. The Morgan fingerprint density at radius 1 is 0.955 bits per heavy atom. The topological polar surface area (TPSA) is 0 Å². The van der Waals surface area contributed by atoms with Crippen LogP contribution in [0, 0.1) is 0 Å². The molecule has 0 heteroatoms. The van der Waals surface area contributed by atoms with Crippen molar-refractivity contribution in [1.82, 2.24) is 0 Å². The molecule has 1 atom stereocenters. The second-order valence-electron chi connectivity index (χ2n) is 7.09. The highest BCUT2D eigenvalue weighted by atomic mass is 14.4. The van der Waals surface area contributed by atoms with Gasteiger partial charge in [-0.15, -0.1) is 0 Å². The van der Waals surface area contributed by atoms with Crippen molar-refractivity contribution in [2.75, 3.05) is 0 Å². The van der Waals surface area contributed by atoms with E-state index in [9.17, 15) is 0 Å². The lowest BCUT2D eigenvalue weighted by molar-refractivity contribution is 0.659. The summed E-state index contributed by atoms with van der Waals surface area (Å²) in [5, 5.41) is 0. The maximum Gasteiger partial charge on any atom is 0.0158 e. The van der Waals surface area contributed by atoms with Gasteiger partial charge in [-0.05, 0) is 41.2 Å². The maximum atomic E-state index is 2.37. The van der Waals surface area contributed by atoms with Crippen molar-refractivity contribution < 1.29 is 0 Å². The van der Waals surface area contributed by atoms with E-state index in [2.05, 4.69) is 81.5 Å². The van der Waals surface area contributed by atoms with Gasteiger partial charge in [0.15, 0.2) is 0 Å². The Hall–Kier alpha value is -2.08. The average Bonchev–Trinajstić information content (AvgIpc) is 2.77. The molecule has 0 heterocycles. The first kappa shape index (κ1) is 13.6. The van der Waals surface area contributed by atoms with Crippen molar-refractivity contribution in [3.8, 4) is 11.1 Å². The van der Waals surface area contributed by atoms with Crippen LogP contribution in [0.5, 0.6) is 0 Å². The third-order valence-corrected chi connectivity index (χ3v) is 5.32. The number of benzene rings is 2. The molecule has 0 aliphatic heterocycles. The molecule has 2 aromatic carbocycles. The lowest BCUT2D eigenvalue weighted by Crippen LogP contribution is -2.15. The highest BCUT2D eigenvalue weighted by Gasteiger charge is 2.36. The molecule has 0 spiro atoms. The molecule has 0 amide bonds. The summed E-state index contributed by atoms with van der Waals surface area (Å²) >= 11 is 0. The lowest BCUT2D eigenvalue weighted by Gasteiger charge is -2.23. The maximum absolute atomic E-state index is 2.37. The number of fused-ring (bicyclic) bond motifs is 3. The summed E-state index contributed by atoms with van der Waals surface area (Å²) in [6, 6.07) is 15.8. The van der Waals surface area contributed by atoms with E-state index in [-0.39, 0.29) is 5.41 Å². The zero-order valence-corrected chi connectivity index (χ0v) is 13.6. The summed E-state index contributed by atoms with van der Waals surface area (Å²) in [5.41, 5.74) is 8.81. The highest BCUT2D eigenvalue weighted by Crippen LogP contribution is 2.51. The molecule has 0 saturated carbocycles. The molecule has 0 radical (unpaired) electrons. The second-order valence-corrected chi connectivity index (χ2v) is 7.09. The van der Waals surface area contributed by atoms with E-state index in [0.29, 0.717) is 5.92 Å². The van der Waals surface area contributed by atoms with Gasteiger partial charge in [0.05, 0.1) is 0 Å². The van der Waals surface area contributed by atoms with Crippen LogP contribution in [0.2, 0.25) is 0 Å². The highest BCUT2D eigenvalue weighted by molar-refractivity contribution is 5.83. The van der Waals surface area contributed by atoms with Crippen LogP contribution in [0.15, 0.2) is 66.3 Å². The van der Waals surface area contributed by atoms with Gasteiger partial charge in [-0.3, -0.25) is 0 Å². The van der Waals surface area contributed by atoms with Gasteiger partial charge in [0.25, 0.3) is 0 Å². The van der Waals surface area contributed by atoms with Crippen molar-refractivity contribution in [2.45, 2.75) is 38.5 Å². The van der Waals surface area contributed by atoms with Crippen LogP contribution in [-0.4, -0.2) is 0 Å². The Labute approximate surface area is 133 Å². The standard InChI is InChI=1S/C22H22/c1-15-11-13-16(14-12-15)17-8-6-10-20-21(17)18-7-4-5-9-19(18)22(20,2)3/h4-13,16H,14H2,1-3H3. The van der Waals surface area contributed by atoms with E-state index in [1.165, 1.54) is 33.4 Å². The van der Waals surface area contributed by atoms with E-state index in [4.69, 9.17) is 0 Å². The van der Waals surface area contributed by atoms with Crippen molar-refractivity contribution in [3.63, 3.8) is 0 Å². The first-order valence-corrected chi connectivity index (χ1v) is 8.17. The van der Waals surface area contributed by atoms with Crippen LogP contribution >= 0.6 is 0 Å². The molecule has 2 aliphatic rings. The minimum atomic E-state index is 0.103. The fraction of sp³-hybridized carbons (Fsp3) is 0.273. The smallest absolute Gasteiger partial charge is 0.0158 e. The fourth-order valence-corrected chi connectivity index (χ4v) is 4.05. The first-order chi connectivity index (χ1) is 10.6. The van der Waals surface area contributed by atoms with Crippen LogP contribution in [-0.2, 0) is 5.41 Å². The van der Waals surface area contributed by atoms with Crippen molar-refractivity contribution in [2.24, 2.45) is 0 Å². The van der Waals surface area contributed by atoms with E-state index in [0.717, 1.165) is 6.42 Å². The molecule has 110 valence electrons. The molecule has 0 fully saturated rings. The summed E-state index contributed by atoms with van der Waals surface area (Å²) in [4.78, 5) is 0. The molecule has 0 N–H and O–H groups in total. The molecule has 4 rings (SSSR count). The zero-order chi connectivity index (χ0) is 15.3. The molecule has 0 aromatic heterocycles. The van der Waals surface area contributed by atoms with Crippen molar-refractivity contribution in [3.05, 3.63) is 83.0 Å². The largest absolute Gasteiger partial charge is 0.0807 e. The van der Waals surface area contributed by atoms with Crippen molar-refractivity contribution >= 4 is 0 Å². The summed E-state index contributed by atoms with van der Waals surface area (Å²) in [7, 11) is 0. The van der Waals surface area contributed by atoms with Gasteiger partial charge in [-0.2, -0.15) is 0 Å². The predicted octanol–water partition coefficient (Wildman–Crippen LogP) is 5.98. The summed E-state index contributed by atoms with van der Waals surface area (Å²) in [6.45, 7) is 6.88. The Morgan fingerprint density at radius 3 is 2.50 bits per heavy atom. The minimum Gasteiger partial charge on any atom is -0.0807 e. The normalized spacial score (nSPS) is 21.2.